The molecule has 1 saturated heterocycles. The number of hydrogen-bond donors (Lipinski definition) is 2. The molecule has 0 aromatic rings. The van der Waals surface area contributed by atoms with E-state index >= 15 is 0 Å². The lowest BCUT2D eigenvalue weighted by Gasteiger charge is -2.40. The first kappa shape index (κ1) is 18.0. The molecule has 0 bridgehead atoms. The van der Waals surface area contributed by atoms with Crippen molar-refractivity contribution in [3.63, 3.8) is 0 Å². The van der Waals surface area contributed by atoms with Gasteiger partial charge in [-0.3, -0.25) is 14.4 Å². The quantitative estimate of drug-likeness (QED) is 0.683. The number of nitriles is 1. The highest BCUT2D eigenvalue weighted by molar-refractivity contribution is 5.82. The zero-order valence-corrected chi connectivity index (χ0v) is 13.4. The van der Waals surface area contributed by atoms with Crippen LogP contribution in [-0.2, 0) is 14.4 Å². The molecule has 1 rings (SSSR count). The molecule has 0 aromatic carbocycles. The average molecular weight is 308 g/mol. The molecule has 3 amide bonds. The predicted octanol–water partition coefficient (Wildman–Crippen LogP) is 0.168. The van der Waals surface area contributed by atoms with Crippen LogP contribution in [0.2, 0.25) is 0 Å². The third-order valence-electron chi connectivity index (χ3n) is 3.70. The fourth-order valence-corrected chi connectivity index (χ4v) is 2.78. The summed E-state index contributed by atoms with van der Waals surface area (Å²) in [7, 11) is 0. The monoisotopic (exact) mass is 308 g/mol. The van der Waals surface area contributed by atoms with Gasteiger partial charge in [0.1, 0.15) is 6.04 Å². The third-order valence-corrected chi connectivity index (χ3v) is 3.70. The lowest BCUT2D eigenvalue weighted by atomic mass is 9.89. The molecule has 0 saturated carbocycles. The topological polar surface area (TPSA) is 102 Å². The molecule has 122 valence electrons. The summed E-state index contributed by atoms with van der Waals surface area (Å²) in [5.41, 5.74) is -0.576. The van der Waals surface area contributed by atoms with Crippen molar-refractivity contribution in [3.05, 3.63) is 0 Å². The van der Waals surface area contributed by atoms with Crippen LogP contribution < -0.4 is 10.6 Å². The summed E-state index contributed by atoms with van der Waals surface area (Å²) in [4.78, 5) is 36.0. The maximum absolute atomic E-state index is 12.3. The second-order valence-corrected chi connectivity index (χ2v) is 6.44. The predicted molar refractivity (Wildman–Crippen MR) is 80.4 cm³/mol. The molecule has 1 fully saturated rings. The number of nitrogens with one attached hydrogen (secondary N) is 2. The van der Waals surface area contributed by atoms with Gasteiger partial charge in [0.15, 0.2) is 0 Å². The van der Waals surface area contributed by atoms with Gasteiger partial charge in [-0.1, -0.05) is 0 Å². The summed E-state index contributed by atoms with van der Waals surface area (Å²) in [6.45, 7) is 6.00. The van der Waals surface area contributed by atoms with Gasteiger partial charge in [-0.2, -0.15) is 5.26 Å². The van der Waals surface area contributed by atoms with Gasteiger partial charge in [0, 0.05) is 18.0 Å². The Morgan fingerprint density at radius 1 is 1.59 bits per heavy atom. The average Bonchev–Trinajstić information content (AvgIpc) is 2.45. The molecule has 0 aliphatic carbocycles. The normalized spacial score (nSPS) is 19.5. The lowest BCUT2D eigenvalue weighted by Crippen LogP contribution is -2.55. The molecule has 0 spiro atoms. The highest BCUT2D eigenvalue weighted by Crippen LogP contribution is 2.25. The summed E-state index contributed by atoms with van der Waals surface area (Å²) in [5, 5.41) is 14.6. The number of carbonyl (C=O) groups is 3. The van der Waals surface area contributed by atoms with Gasteiger partial charge in [0.05, 0.1) is 12.6 Å². The maximum Gasteiger partial charge on any atom is 0.243 e. The highest BCUT2D eigenvalue weighted by atomic mass is 16.2. The van der Waals surface area contributed by atoms with Crippen LogP contribution in [-0.4, -0.2) is 47.8 Å². The molecule has 0 unspecified atom stereocenters. The van der Waals surface area contributed by atoms with Gasteiger partial charge < -0.3 is 15.5 Å². The number of piperidine rings is 1. The molecule has 2 atom stereocenters. The van der Waals surface area contributed by atoms with Crippen LogP contribution in [0.25, 0.3) is 0 Å². The second kappa shape index (κ2) is 7.78. The van der Waals surface area contributed by atoms with Crippen molar-refractivity contribution >= 4 is 18.2 Å². The van der Waals surface area contributed by atoms with E-state index in [9.17, 15) is 19.6 Å². The first-order valence-electron chi connectivity index (χ1n) is 7.47. The van der Waals surface area contributed by atoms with Gasteiger partial charge in [-0.15, -0.1) is 0 Å². The molecule has 0 radical (unpaired) electrons. The summed E-state index contributed by atoms with van der Waals surface area (Å²) in [5.74, 6) is -0.642. The van der Waals surface area contributed by atoms with Crippen molar-refractivity contribution in [1.82, 2.24) is 15.5 Å². The first-order chi connectivity index (χ1) is 10.3. The summed E-state index contributed by atoms with van der Waals surface area (Å²) < 4.78 is 0. The zero-order chi connectivity index (χ0) is 16.8. The minimum atomic E-state index is -0.699. The van der Waals surface area contributed by atoms with Crippen LogP contribution >= 0.6 is 0 Å². The number of amides is 3. The Morgan fingerprint density at radius 3 is 2.77 bits per heavy atom. The van der Waals surface area contributed by atoms with Crippen LogP contribution in [0.15, 0.2) is 0 Å². The van der Waals surface area contributed by atoms with E-state index < -0.39 is 11.6 Å². The van der Waals surface area contributed by atoms with Crippen LogP contribution in [0.3, 0.4) is 0 Å². The van der Waals surface area contributed by atoms with E-state index in [4.69, 9.17) is 0 Å². The maximum atomic E-state index is 12.3. The summed E-state index contributed by atoms with van der Waals surface area (Å²) in [6.07, 6.45) is 2.37. The largest absolute Gasteiger partial charge is 0.356 e. The molecule has 1 heterocycles. The fraction of sp³-hybridized carbons (Fsp3) is 0.733. The molecule has 7 nitrogen and oxygen atoms in total. The number of rotatable bonds is 6. The Morgan fingerprint density at radius 2 is 2.27 bits per heavy atom. The van der Waals surface area contributed by atoms with Gasteiger partial charge in [-0.05, 0) is 40.0 Å². The molecule has 7 heteroatoms. The lowest BCUT2D eigenvalue weighted by molar-refractivity contribution is -0.139. The van der Waals surface area contributed by atoms with Crippen molar-refractivity contribution in [3.8, 4) is 6.07 Å². The number of hydrogen-bond acceptors (Lipinski definition) is 4. The smallest absolute Gasteiger partial charge is 0.243 e. The third kappa shape index (κ3) is 4.72. The first-order valence-corrected chi connectivity index (χ1v) is 7.47. The number of nitrogens with zero attached hydrogens (tertiary/aromatic N) is 2. The van der Waals surface area contributed by atoms with Gasteiger partial charge in [0.2, 0.25) is 18.2 Å². The van der Waals surface area contributed by atoms with Crippen molar-refractivity contribution in [1.29, 1.82) is 5.26 Å². The van der Waals surface area contributed by atoms with Crippen molar-refractivity contribution < 1.29 is 14.4 Å². The van der Waals surface area contributed by atoms with Crippen LogP contribution in [0.5, 0.6) is 0 Å². The van der Waals surface area contributed by atoms with Crippen molar-refractivity contribution in [2.45, 2.75) is 51.6 Å². The highest BCUT2D eigenvalue weighted by Gasteiger charge is 2.36. The van der Waals surface area contributed by atoms with Crippen LogP contribution in [0.1, 0.15) is 40.0 Å². The molecule has 1 aliphatic heterocycles. The fourth-order valence-electron chi connectivity index (χ4n) is 2.78. The van der Waals surface area contributed by atoms with Crippen LogP contribution in [0.4, 0.5) is 0 Å². The summed E-state index contributed by atoms with van der Waals surface area (Å²) in [6, 6.07) is 1.44. The second-order valence-electron chi connectivity index (χ2n) is 6.44. The van der Waals surface area contributed by atoms with E-state index in [0.717, 1.165) is 12.8 Å². The minimum Gasteiger partial charge on any atom is -0.356 e. The Labute approximate surface area is 131 Å². The van der Waals surface area contributed by atoms with E-state index in [2.05, 4.69) is 16.7 Å². The molecule has 1 aliphatic rings. The standard InChI is InChI=1S/C15H24N4O3/c1-15(2,3)19(13(21)9-17-10-20)12(8-16)7-11-5-4-6-18-14(11)22/h10-12H,4-7,9H2,1-3H3,(H,17,20)(H,18,22)/t11-,12-/m0/s1. The minimum absolute atomic E-state index is 0.0566. The van der Waals surface area contributed by atoms with Gasteiger partial charge in [0.25, 0.3) is 0 Å². The van der Waals surface area contributed by atoms with Crippen LogP contribution in [0, 0.1) is 17.2 Å². The Hall–Kier alpha value is -2.10. The number of carbonyl (C=O) groups excluding carboxylic acids is 3. The van der Waals surface area contributed by atoms with Gasteiger partial charge >= 0.3 is 0 Å². The van der Waals surface area contributed by atoms with Crippen molar-refractivity contribution in [2.75, 3.05) is 13.1 Å². The van der Waals surface area contributed by atoms with E-state index in [-0.39, 0.29) is 24.3 Å². The SMILES string of the molecule is CC(C)(C)N(C(=O)CNC=O)[C@H](C#N)C[C@@H]1CCCNC1=O. The van der Waals surface area contributed by atoms with E-state index in [1.54, 1.807) is 0 Å². The van der Waals surface area contributed by atoms with E-state index in [0.29, 0.717) is 19.4 Å². The van der Waals surface area contributed by atoms with E-state index in [1.807, 2.05) is 20.8 Å². The Kier molecular flexibility index (Phi) is 6.35. The molecular formula is C15H24N4O3. The molecule has 0 aromatic heterocycles. The van der Waals surface area contributed by atoms with Crippen molar-refractivity contribution in [2.24, 2.45) is 5.92 Å². The molecule has 22 heavy (non-hydrogen) atoms. The zero-order valence-electron chi connectivity index (χ0n) is 13.4. The van der Waals surface area contributed by atoms with Gasteiger partial charge in [-0.25, -0.2) is 0 Å². The summed E-state index contributed by atoms with van der Waals surface area (Å²) >= 11 is 0. The Bertz CT molecular complexity index is 464. The molecular weight excluding hydrogens is 284 g/mol. The molecule has 2 N–H and O–H groups in total. The Balaban J connectivity index is 2.89. The van der Waals surface area contributed by atoms with E-state index in [1.165, 1.54) is 4.90 Å².